The molecule has 1 unspecified atom stereocenters. The number of aliphatic hydroxyl groups is 1. The van der Waals surface area contributed by atoms with Crippen molar-refractivity contribution in [2.75, 3.05) is 13.7 Å². The van der Waals surface area contributed by atoms with Crippen molar-refractivity contribution in [3.63, 3.8) is 0 Å². The Kier molecular flexibility index (Phi) is 7.79. The Hall–Kier alpha value is -2.36. The zero-order chi connectivity index (χ0) is 27.1. The molecule has 0 radical (unpaired) electrons. The van der Waals surface area contributed by atoms with Gasteiger partial charge in [-0.15, -0.1) is 0 Å². The molecule has 0 aromatic heterocycles. The van der Waals surface area contributed by atoms with E-state index in [-0.39, 0.29) is 35.7 Å². The van der Waals surface area contributed by atoms with Crippen molar-refractivity contribution >= 4 is 29.4 Å². The lowest BCUT2D eigenvalue weighted by molar-refractivity contribution is -0.133. The predicted octanol–water partition coefficient (Wildman–Crippen LogP) is 3.18. The molecule has 1 aliphatic carbocycles. The number of aliphatic hydroxyl groups excluding tert-OH is 1. The van der Waals surface area contributed by atoms with Gasteiger partial charge in [-0.3, -0.25) is 14.5 Å². The number of benzene rings is 1. The topological polar surface area (TPSA) is 126 Å². The van der Waals surface area contributed by atoms with E-state index in [0.29, 0.717) is 42.2 Å². The SMILES string of the molecule is CCC1(CC)CC(=O)N([C@H](CCOC)[C@H]2C[C@@H]2C(=O)NC2c3cc(Cl)ccc3OC(C)(C)[C@H]2O)C(N)=N1. The molecule has 1 aromatic carbocycles. The van der Waals surface area contributed by atoms with Gasteiger partial charge >= 0.3 is 0 Å². The number of hydrogen-bond acceptors (Lipinski definition) is 7. The summed E-state index contributed by atoms with van der Waals surface area (Å²) >= 11 is 6.22. The number of halogens is 1. The molecule has 5 atom stereocenters. The maximum absolute atomic E-state index is 13.5. The molecule has 1 fully saturated rings. The first-order valence-corrected chi connectivity index (χ1v) is 13.5. The van der Waals surface area contributed by atoms with Gasteiger partial charge in [0.2, 0.25) is 11.8 Å². The van der Waals surface area contributed by atoms with Crippen molar-refractivity contribution in [1.82, 2.24) is 10.2 Å². The molecule has 0 spiro atoms. The van der Waals surface area contributed by atoms with Crippen molar-refractivity contribution < 1.29 is 24.2 Å². The molecular formula is C27H39ClN4O5. The minimum absolute atomic E-state index is 0.0615. The van der Waals surface area contributed by atoms with Gasteiger partial charge in [-0.1, -0.05) is 25.4 Å². The van der Waals surface area contributed by atoms with Gasteiger partial charge in [0.1, 0.15) is 17.5 Å². The molecule has 0 saturated heterocycles. The van der Waals surface area contributed by atoms with Gasteiger partial charge in [0, 0.05) is 36.3 Å². The summed E-state index contributed by atoms with van der Waals surface area (Å²) in [7, 11) is 1.61. The minimum atomic E-state index is -0.980. The molecule has 37 heavy (non-hydrogen) atoms. The number of rotatable bonds is 9. The lowest BCUT2D eigenvalue weighted by atomic mass is 9.86. The summed E-state index contributed by atoms with van der Waals surface area (Å²) in [4.78, 5) is 33.1. The third-order valence-electron chi connectivity index (χ3n) is 8.29. The van der Waals surface area contributed by atoms with Gasteiger partial charge in [-0.2, -0.15) is 0 Å². The predicted molar refractivity (Wildman–Crippen MR) is 141 cm³/mol. The summed E-state index contributed by atoms with van der Waals surface area (Å²) in [6.45, 7) is 8.03. The fourth-order valence-electron chi connectivity index (χ4n) is 5.75. The molecule has 3 aliphatic rings. The first kappa shape index (κ1) is 27.7. The van der Waals surface area contributed by atoms with Crippen LogP contribution in [0.15, 0.2) is 23.2 Å². The normalized spacial score (nSPS) is 28.6. The quantitative estimate of drug-likeness (QED) is 0.446. The number of nitrogens with two attached hydrogens (primary N) is 1. The third kappa shape index (κ3) is 5.31. The van der Waals surface area contributed by atoms with E-state index in [0.717, 1.165) is 12.8 Å². The molecule has 2 amide bonds. The summed E-state index contributed by atoms with van der Waals surface area (Å²) < 4.78 is 11.3. The molecule has 1 aromatic rings. The van der Waals surface area contributed by atoms with Crippen molar-refractivity contribution in [1.29, 1.82) is 0 Å². The smallest absolute Gasteiger partial charge is 0.231 e. The highest BCUT2D eigenvalue weighted by Crippen LogP contribution is 2.47. The second-order valence-corrected chi connectivity index (χ2v) is 11.5. The standard InChI is InChI=1S/C27H39ClN4O5/c1-6-27(7-2)14-21(33)32(25(29)31-27)19(10-11-36-5)16-13-17(16)24(35)30-22-18-12-15(28)8-9-20(18)37-26(3,4)23(22)34/h8-9,12,16-17,19,22-23,34H,6-7,10-11,13-14H2,1-5H3,(H2,29,31)(H,30,35)/t16-,17-,19+,22?,23-/m0/s1. The Balaban J connectivity index is 1.54. The van der Waals surface area contributed by atoms with Gasteiger partial charge in [-0.05, 0) is 63.6 Å². The highest BCUT2D eigenvalue weighted by atomic mass is 35.5. The van der Waals surface area contributed by atoms with Crippen LogP contribution in [0.4, 0.5) is 0 Å². The average Bonchev–Trinajstić information content (AvgIpc) is 3.64. The minimum Gasteiger partial charge on any atom is -0.485 e. The van der Waals surface area contributed by atoms with Crippen LogP contribution in [-0.4, -0.2) is 64.8 Å². The second kappa shape index (κ2) is 10.4. The fraction of sp³-hybridized carbons (Fsp3) is 0.667. The fourth-order valence-corrected chi connectivity index (χ4v) is 5.93. The van der Waals surface area contributed by atoms with Crippen LogP contribution in [0.5, 0.6) is 5.75 Å². The van der Waals surface area contributed by atoms with E-state index < -0.39 is 23.3 Å². The highest BCUT2D eigenvalue weighted by Gasteiger charge is 2.53. The van der Waals surface area contributed by atoms with E-state index in [2.05, 4.69) is 5.32 Å². The lowest BCUT2D eigenvalue weighted by Crippen LogP contribution is -2.56. The van der Waals surface area contributed by atoms with Crippen molar-refractivity contribution in [2.45, 2.75) is 89.1 Å². The van der Waals surface area contributed by atoms with Crippen LogP contribution in [0.1, 0.15) is 71.4 Å². The number of nitrogens with one attached hydrogen (secondary N) is 1. The number of guanidine groups is 1. The molecule has 4 N–H and O–H groups in total. The van der Waals surface area contributed by atoms with Crippen LogP contribution in [0.25, 0.3) is 0 Å². The van der Waals surface area contributed by atoms with Crippen LogP contribution in [0.2, 0.25) is 5.02 Å². The molecule has 2 aliphatic heterocycles. The number of aliphatic imine (C=N–C) groups is 1. The summed E-state index contributed by atoms with van der Waals surface area (Å²) in [5, 5.41) is 14.6. The summed E-state index contributed by atoms with van der Waals surface area (Å²) in [5.41, 5.74) is 5.64. The Morgan fingerprint density at radius 2 is 2.08 bits per heavy atom. The summed E-state index contributed by atoms with van der Waals surface area (Å²) in [6.07, 6.45) is 1.94. The number of carbonyl (C=O) groups is 2. The molecule has 2 heterocycles. The average molecular weight is 535 g/mol. The van der Waals surface area contributed by atoms with Gasteiger partial charge in [-0.25, -0.2) is 4.99 Å². The van der Waals surface area contributed by atoms with Crippen LogP contribution in [0, 0.1) is 11.8 Å². The number of nitrogens with zero attached hydrogens (tertiary/aromatic N) is 2. The Bertz CT molecular complexity index is 1070. The first-order valence-electron chi connectivity index (χ1n) is 13.1. The molecule has 9 nitrogen and oxygen atoms in total. The maximum Gasteiger partial charge on any atom is 0.231 e. The Labute approximate surface area is 223 Å². The maximum atomic E-state index is 13.5. The molecule has 204 valence electrons. The summed E-state index contributed by atoms with van der Waals surface area (Å²) in [6, 6.07) is 4.21. The molecule has 10 heteroatoms. The van der Waals surface area contributed by atoms with E-state index in [1.807, 2.05) is 13.8 Å². The number of hydrogen-bond donors (Lipinski definition) is 3. The van der Waals surface area contributed by atoms with Crippen LogP contribution < -0.4 is 15.8 Å². The van der Waals surface area contributed by atoms with Gasteiger partial charge in [0.25, 0.3) is 0 Å². The molecular weight excluding hydrogens is 496 g/mol. The van der Waals surface area contributed by atoms with Crippen LogP contribution in [0.3, 0.4) is 0 Å². The number of ether oxygens (including phenoxy) is 2. The van der Waals surface area contributed by atoms with Crippen molar-refractivity contribution in [3.8, 4) is 5.75 Å². The highest BCUT2D eigenvalue weighted by molar-refractivity contribution is 6.30. The van der Waals surface area contributed by atoms with Gasteiger partial charge in [0.05, 0.1) is 18.0 Å². The van der Waals surface area contributed by atoms with Gasteiger partial charge in [0.15, 0.2) is 5.96 Å². The van der Waals surface area contributed by atoms with E-state index in [1.165, 1.54) is 0 Å². The van der Waals surface area contributed by atoms with E-state index >= 15 is 0 Å². The van der Waals surface area contributed by atoms with E-state index in [4.69, 9.17) is 31.8 Å². The largest absolute Gasteiger partial charge is 0.485 e. The van der Waals surface area contributed by atoms with Crippen molar-refractivity contribution in [3.05, 3.63) is 28.8 Å². The van der Waals surface area contributed by atoms with E-state index in [1.54, 1.807) is 44.1 Å². The molecule has 4 rings (SSSR count). The van der Waals surface area contributed by atoms with Crippen molar-refractivity contribution in [2.24, 2.45) is 22.6 Å². The molecule has 0 bridgehead atoms. The Morgan fingerprint density at radius 1 is 1.38 bits per heavy atom. The van der Waals surface area contributed by atoms with Crippen LogP contribution in [-0.2, 0) is 14.3 Å². The monoisotopic (exact) mass is 534 g/mol. The third-order valence-corrected chi connectivity index (χ3v) is 8.52. The first-order chi connectivity index (χ1) is 17.5. The Morgan fingerprint density at radius 3 is 2.70 bits per heavy atom. The number of fused-ring (bicyclic) bond motifs is 1. The summed E-state index contributed by atoms with van der Waals surface area (Å²) in [5.74, 6) is 0.135. The zero-order valence-electron chi connectivity index (χ0n) is 22.3. The zero-order valence-corrected chi connectivity index (χ0v) is 23.0. The lowest BCUT2D eigenvalue weighted by Gasteiger charge is -2.42. The number of amides is 2. The van der Waals surface area contributed by atoms with E-state index in [9.17, 15) is 14.7 Å². The second-order valence-electron chi connectivity index (χ2n) is 11.0. The number of carbonyl (C=O) groups excluding carboxylic acids is 2. The molecule has 1 saturated carbocycles. The number of methoxy groups -OCH3 is 1. The van der Waals surface area contributed by atoms with Crippen LogP contribution >= 0.6 is 11.6 Å². The van der Waals surface area contributed by atoms with Gasteiger partial charge < -0.3 is 25.6 Å².